The van der Waals surface area contributed by atoms with Crippen molar-refractivity contribution in [1.82, 2.24) is 15.2 Å². The highest BCUT2D eigenvalue weighted by Gasteiger charge is 2.37. The van der Waals surface area contributed by atoms with E-state index in [9.17, 15) is 4.79 Å². The quantitative estimate of drug-likeness (QED) is 0.939. The van der Waals surface area contributed by atoms with Crippen LogP contribution in [-0.2, 0) is 11.2 Å². The molecule has 2 unspecified atom stereocenters. The number of nitrogens with zero attached hydrogens (tertiary/aromatic N) is 2. The number of hydrogen-bond donors (Lipinski definition) is 1. The minimum absolute atomic E-state index is 0.216. The van der Waals surface area contributed by atoms with Crippen molar-refractivity contribution >= 4 is 17.2 Å². The lowest BCUT2D eigenvalue weighted by molar-refractivity contribution is -0.133. The van der Waals surface area contributed by atoms with Crippen molar-refractivity contribution in [2.75, 3.05) is 13.1 Å². The number of aromatic nitrogens is 1. The first-order valence-corrected chi connectivity index (χ1v) is 9.12. The first kappa shape index (κ1) is 14.9. The standard InChI is InChI=1S/C17H21N3O2S/c1-11-2-5-15(22-11)17-19-12(10-23-17)8-16(21)20-13-3-4-14(20)9-18-7-6-13/h2,5,10,13-14,18H,3-4,6-9H2,1H3. The Bertz CT molecular complexity index is 694. The number of carbonyl (C=O) groups excluding carboxylic acids is 1. The summed E-state index contributed by atoms with van der Waals surface area (Å²) in [5.74, 6) is 1.88. The Balaban J connectivity index is 1.48. The van der Waals surface area contributed by atoms with Crippen molar-refractivity contribution in [2.45, 2.75) is 44.7 Å². The molecule has 1 amide bonds. The van der Waals surface area contributed by atoms with Crippen LogP contribution in [0.5, 0.6) is 0 Å². The van der Waals surface area contributed by atoms with Crippen LogP contribution in [0.2, 0.25) is 0 Å². The van der Waals surface area contributed by atoms with Crippen LogP contribution < -0.4 is 5.32 Å². The monoisotopic (exact) mass is 331 g/mol. The molecule has 2 saturated heterocycles. The maximum absolute atomic E-state index is 12.8. The number of rotatable bonds is 3. The molecule has 0 spiro atoms. The molecule has 2 aromatic rings. The Labute approximate surface area is 139 Å². The minimum Gasteiger partial charge on any atom is -0.459 e. The molecule has 4 rings (SSSR count). The first-order chi connectivity index (χ1) is 11.2. The van der Waals surface area contributed by atoms with Crippen LogP contribution in [0.3, 0.4) is 0 Å². The van der Waals surface area contributed by atoms with Gasteiger partial charge in [-0.15, -0.1) is 11.3 Å². The summed E-state index contributed by atoms with van der Waals surface area (Å²) in [6.45, 7) is 3.87. The Kier molecular flexibility index (Phi) is 3.95. The van der Waals surface area contributed by atoms with Gasteiger partial charge in [0, 0.05) is 24.0 Å². The number of fused-ring (bicyclic) bond motifs is 2. The van der Waals surface area contributed by atoms with Crippen LogP contribution in [0.1, 0.15) is 30.7 Å². The molecular formula is C17H21N3O2S. The lowest BCUT2D eigenvalue weighted by atomic mass is 10.1. The largest absolute Gasteiger partial charge is 0.459 e. The Morgan fingerprint density at radius 3 is 3.09 bits per heavy atom. The van der Waals surface area contributed by atoms with Gasteiger partial charge in [-0.3, -0.25) is 4.79 Å². The number of carbonyl (C=O) groups is 1. The van der Waals surface area contributed by atoms with Gasteiger partial charge < -0.3 is 14.6 Å². The fraction of sp³-hybridized carbons (Fsp3) is 0.529. The topological polar surface area (TPSA) is 58.4 Å². The molecule has 0 aliphatic carbocycles. The number of furan rings is 1. The molecule has 122 valence electrons. The van der Waals surface area contributed by atoms with Gasteiger partial charge in [0.25, 0.3) is 0 Å². The highest BCUT2D eigenvalue weighted by Crippen LogP contribution is 2.30. The first-order valence-electron chi connectivity index (χ1n) is 8.24. The van der Waals surface area contributed by atoms with Gasteiger partial charge in [0.2, 0.25) is 5.91 Å². The molecule has 4 heterocycles. The summed E-state index contributed by atoms with van der Waals surface area (Å²) in [7, 11) is 0. The fourth-order valence-corrected chi connectivity index (χ4v) is 4.47. The summed E-state index contributed by atoms with van der Waals surface area (Å²) in [5, 5.41) is 6.26. The van der Waals surface area contributed by atoms with Crippen molar-refractivity contribution < 1.29 is 9.21 Å². The summed E-state index contributed by atoms with van der Waals surface area (Å²) in [4.78, 5) is 19.5. The number of amides is 1. The van der Waals surface area contributed by atoms with Crippen LogP contribution in [0, 0.1) is 6.92 Å². The molecule has 0 aromatic carbocycles. The van der Waals surface area contributed by atoms with E-state index in [1.165, 1.54) is 11.3 Å². The number of aryl methyl sites for hydroxylation is 1. The Morgan fingerprint density at radius 2 is 2.26 bits per heavy atom. The van der Waals surface area contributed by atoms with Crippen LogP contribution in [0.25, 0.3) is 10.8 Å². The van der Waals surface area contributed by atoms with E-state index in [0.717, 1.165) is 54.6 Å². The van der Waals surface area contributed by atoms with Gasteiger partial charge in [-0.1, -0.05) is 0 Å². The highest BCUT2D eigenvalue weighted by molar-refractivity contribution is 7.13. The Morgan fingerprint density at radius 1 is 1.39 bits per heavy atom. The fourth-order valence-electron chi connectivity index (χ4n) is 3.69. The molecule has 0 radical (unpaired) electrons. The summed E-state index contributed by atoms with van der Waals surface area (Å²) >= 11 is 1.54. The SMILES string of the molecule is Cc1ccc(-c2nc(CC(=O)N3C4CCNCC3CC4)cs2)o1. The summed E-state index contributed by atoms with van der Waals surface area (Å²) in [6, 6.07) is 4.64. The van der Waals surface area contributed by atoms with Gasteiger partial charge in [-0.25, -0.2) is 4.98 Å². The average Bonchev–Trinajstić information content (AvgIpc) is 3.18. The smallest absolute Gasteiger partial charge is 0.229 e. The number of nitrogens with one attached hydrogen (secondary N) is 1. The van der Waals surface area contributed by atoms with Gasteiger partial charge in [0.1, 0.15) is 5.76 Å². The van der Waals surface area contributed by atoms with Crippen LogP contribution >= 0.6 is 11.3 Å². The summed E-state index contributed by atoms with van der Waals surface area (Å²) in [5.41, 5.74) is 0.848. The third kappa shape index (κ3) is 2.93. The third-order valence-electron chi connectivity index (χ3n) is 4.78. The molecule has 23 heavy (non-hydrogen) atoms. The minimum atomic E-state index is 0.216. The van der Waals surface area contributed by atoms with Crippen LogP contribution in [-0.4, -0.2) is 41.0 Å². The Hall–Kier alpha value is -1.66. The summed E-state index contributed by atoms with van der Waals surface area (Å²) < 4.78 is 5.61. The molecule has 2 fully saturated rings. The predicted molar refractivity (Wildman–Crippen MR) is 89.4 cm³/mol. The van der Waals surface area contributed by atoms with E-state index >= 15 is 0 Å². The molecule has 2 bridgehead atoms. The van der Waals surface area contributed by atoms with Crippen molar-refractivity contribution in [3.63, 3.8) is 0 Å². The molecule has 1 N–H and O–H groups in total. The normalized spacial score (nSPS) is 24.0. The molecule has 2 atom stereocenters. The molecule has 5 nitrogen and oxygen atoms in total. The van der Waals surface area contributed by atoms with Crippen molar-refractivity contribution in [3.05, 3.63) is 29.0 Å². The maximum Gasteiger partial charge on any atom is 0.229 e. The second-order valence-corrected chi connectivity index (χ2v) is 7.27. The van der Waals surface area contributed by atoms with Gasteiger partial charge in [0.05, 0.1) is 12.1 Å². The van der Waals surface area contributed by atoms with E-state index in [1.807, 2.05) is 24.4 Å². The zero-order valence-corrected chi connectivity index (χ0v) is 14.1. The molecule has 2 aliphatic rings. The molecular weight excluding hydrogens is 310 g/mol. The second-order valence-electron chi connectivity index (χ2n) is 6.41. The lowest BCUT2D eigenvalue weighted by Gasteiger charge is -2.27. The zero-order chi connectivity index (χ0) is 15.8. The van der Waals surface area contributed by atoms with Gasteiger partial charge in [-0.05, 0) is 44.9 Å². The molecule has 2 aliphatic heterocycles. The van der Waals surface area contributed by atoms with Gasteiger partial charge in [0.15, 0.2) is 10.8 Å². The zero-order valence-electron chi connectivity index (χ0n) is 13.2. The summed E-state index contributed by atoms with van der Waals surface area (Å²) in [6.07, 6.45) is 3.73. The average molecular weight is 331 g/mol. The van der Waals surface area contributed by atoms with Crippen molar-refractivity contribution in [1.29, 1.82) is 0 Å². The molecule has 2 aromatic heterocycles. The van der Waals surface area contributed by atoms with Crippen molar-refractivity contribution in [3.8, 4) is 10.8 Å². The molecule has 0 saturated carbocycles. The van der Waals surface area contributed by atoms with Crippen molar-refractivity contribution in [2.24, 2.45) is 0 Å². The number of thiazole rings is 1. The van der Waals surface area contributed by atoms with E-state index in [1.54, 1.807) is 0 Å². The van der Waals surface area contributed by atoms with E-state index in [4.69, 9.17) is 4.42 Å². The number of hydrogen-bond acceptors (Lipinski definition) is 5. The third-order valence-corrected chi connectivity index (χ3v) is 5.68. The predicted octanol–water partition coefficient (Wildman–Crippen LogP) is 2.61. The van der Waals surface area contributed by atoms with Gasteiger partial charge >= 0.3 is 0 Å². The lowest BCUT2D eigenvalue weighted by Crippen LogP contribution is -2.43. The van der Waals surface area contributed by atoms with Crippen LogP contribution in [0.4, 0.5) is 0 Å². The van der Waals surface area contributed by atoms with E-state index < -0.39 is 0 Å². The van der Waals surface area contributed by atoms with E-state index in [0.29, 0.717) is 18.5 Å². The highest BCUT2D eigenvalue weighted by atomic mass is 32.1. The van der Waals surface area contributed by atoms with Crippen LogP contribution in [0.15, 0.2) is 21.9 Å². The van der Waals surface area contributed by atoms with Gasteiger partial charge in [-0.2, -0.15) is 0 Å². The maximum atomic E-state index is 12.8. The van der Waals surface area contributed by atoms with E-state index in [2.05, 4.69) is 15.2 Å². The van der Waals surface area contributed by atoms with E-state index in [-0.39, 0.29) is 5.91 Å². The molecule has 6 heteroatoms. The second kappa shape index (κ2) is 6.09.